The standard InChI is InChI=1S/C13H18ClN3/c1-8-16-12(14)6-13(17-8)15-7-11-5-9-2-3-10(11)4-9/h6,9-11H,2-5,7H2,1H3,(H,15,16,17). The summed E-state index contributed by atoms with van der Waals surface area (Å²) in [5.74, 6) is 4.38. The highest BCUT2D eigenvalue weighted by molar-refractivity contribution is 6.29. The topological polar surface area (TPSA) is 37.8 Å². The quantitative estimate of drug-likeness (QED) is 0.838. The molecule has 2 fully saturated rings. The third-order valence-corrected chi connectivity index (χ3v) is 4.43. The lowest BCUT2D eigenvalue weighted by atomic mass is 9.89. The Hall–Kier alpha value is -0.830. The predicted octanol–water partition coefficient (Wildman–Crippen LogP) is 3.29. The van der Waals surface area contributed by atoms with Crippen LogP contribution in [0.15, 0.2) is 6.07 Å². The van der Waals surface area contributed by atoms with Crippen molar-refractivity contribution in [1.29, 1.82) is 0 Å². The summed E-state index contributed by atoms with van der Waals surface area (Å²) in [5, 5.41) is 3.94. The van der Waals surface area contributed by atoms with E-state index in [0.717, 1.165) is 35.9 Å². The molecule has 3 nitrogen and oxygen atoms in total. The van der Waals surface area contributed by atoms with Gasteiger partial charge < -0.3 is 5.32 Å². The van der Waals surface area contributed by atoms with Gasteiger partial charge in [0.1, 0.15) is 16.8 Å². The van der Waals surface area contributed by atoms with Crippen LogP contribution in [0.5, 0.6) is 0 Å². The van der Waals surface area contributed by atoms with Crippen LogP contribution < -0.4 is 5.32 Å². The molecule has 0 aromatic carbocycles. The van der Waals surface area contributed by atoms with Crippen LogP contribution in [0.4, 0.5) is 5.82 Å². The molecule has 1 heterocycles. The Morgan fingerprint density at radius 2 is 2.24 bits per heavy atom. The van der Waals surface area contributed by atoms with Crippen LogP contribution >= 0.6 is 11.6 Å². The summed E-state index contributed by atoms with van der Waals surface area (Å²) in [6.07, 6.45) is 5.74. The Balaban J connectivity index is 1.60. The number of hydrogen-bond acceptors (Lipinski definition) is 3. The molecule has 4 heteroatoms. The van der Waals surface area contributed by atoms with Crippen molar-refractivity contribution >= 4 is 17.4 Å². The SMILES string of the molecule is Cc1nc(Cl)cc(NCC2CC3CCC2C3)n1. The molecule has 1 N–H and O–H groups in total. The van der Waals surface area contributed by atoms with E-state index in [1.165, 1.54) is 25.7 Å². The van der Waals surface area contributed by atoms with Crippen LogP contribution in [0.2, 0.25) is 5.15 Å². The van der Waals surface area contributed by atoms with Gasteiger partial charge in [-0.1, -0.05) is 18.0 Å². The second-order valence-electron chi connectivity index (χ2n) is 5.44. The third-order valence-electron chi connectivity index (χ3n) is 4.24. The summed E-state index contributed by atoms with van der Waals surface area (Å²) in [4.78, 5) is 8.42. The Morgan fingerprint density at radius 3 is 2.88 bits per heavy atom. The van der Waals surface area contributed by atoms with E-state index in [9.17, 15) is 0 Å². The maximum absolute atomic E-state index is 5.92. The van der Waals surface area contributed by atoms with Crippen molar-refractivity contribution in [2.75, 3.05) is 11.9 Å². The van der Waals surface area contributed by atoms with Crippen LogP contribution in [0.1, 0.15) is 31.5 Å². The average Bonchev–Trinajstić information content (AvgIpc) is 2.86. The predicted molar refractivity (Wildman–Crippen MR) is 69.2 cm³/mol. The van der Waals surface area contributed by atoms with Gasteiger partial charge in [-0.25, -0.2) is 9.97 Å². The minimum absolute atomic E-state index is 0.521. The fourth-order valence-electron chi connectivity index (χ4n) is 3.48. The van der Waals surface area contributed by atoms with Gasteiger partial charge in [0.2, 0.25) is 0 Å². The number of rotatable bonds is 3. The molecule has 3 unspecified atom stereocenters. The molecule has 2 aliphatic rings. The Labute approximate surface area is 107 Å². The number of aromatic nitrogens is 2. The number of nitrogens with one attached hydrogen (secondary N) is 1. The number of anilines is 1. The maximum Gasteiger partial charge on any atom is 0.134 e. The lowest BCUT2D eigenvalue weighted by Gasteiger charge is -2.22. The zero-order valence-electron chi connectivity index (χ0n) is 10.1. The van der Waals surface area contributed by atoms with Crippen molar-refractivity contribution in [3.8, 4) is 0 Å². The summed E-state index contributed by atoms with van der Waals surface area (Å²) in [6, 6.07) is 1.81. The monoisotopic (exact) mass is 251 g/mol. The van der Waals surface area contributed by atoms with E-state index in [1.807, 2.05) is 13.0 Å². The zero-order valence-corrected chi connectivity index (χ0v) is 10.9. The molecule has 3 rings (SSSR count). The number of nitrogens with zero attached hydrogens (tertiary/aromatic N) is 2. The minimum Gasteiger partial charge on any atom is -0.370 e. The van der Waals surface area contributed by atoms with Crippen LogP contribution in [0.25, 0.3) is 0 Å². The van der Waals surface area contributed by atoms with Gasteiger partial charge >= 0.3 is 0 Å². The molecule has 0 saturated heterocycles. The lowest BCUT2D eigenvalue weighted by molar-refractivity contribution is 0.348. The van der Waals surface area contributed by atoms with E-state index in [1.54, 1.807) is 0 Å². The lowest BCUT2D eigenvalue weighted by Crippen LogP contribution is -2.20. The first-order valence-corrected chi connectivity index (χ1v) is 6.83. The van der Waals surface area contributed by atoms with E-state index >= 15 is 0 Å². The molecule has 2 aliphatic carbocycles. The fraction of sp³-hybridized carbons (Fsp3) is 0.692. The molecule has 17 heavy (non-hydrogen) atoms. The third kappa shape index (κ3) is 2.39. The van der Waals surface area contributed by atoms with Gasteiger partial charge in [-0.15, -0.1) is 0 Å². The van der Waals surface area contributed by atoms with Crippen LogP contribution in [0, 0.1) is 24.7 Å². The fourth-order valence-corrected chi connectivity index (χ4v) is 3.71. The Kier molecular flexibility index (Phi) is 2.95. The van der Waals surface area contributed by atoms with Crippen molar-refractivity contribution in [1.82, 2.24) is 9.97 Å². The van der Waals surface area contributed by atoms with Gasteiger partial charge in [0, 0.05) is 12.6 Å². The maximum atomic E-state index is 5.92. The van der Waals surface area contributed by atoms with Crippen LogP contribution in [-0.2, 0) is 0 Å². The van der Waals surface area contributed by atoms with Crippen molar-refractivity contribution < 1.29 is 0 Å². The first kappa shape index (κ1) is 11.3. The molecule has 2 bridgehead atoms. The largest absolute Gasteiger partial charge is 0.370 e. The molecular formula is C13H18ClN3. The smallest absolute Gasteiger partial charge is 0.134 e. The van der Waals surface area contributed by atoms with E-state index in [4.69, 9.17) is 11.6 Å². The van der Waals surface area contributed by atoms with Gasteiger partial charge in [0.15, 0.2) is 0 Å². The van der Waals surface area contributed by atoms with E-state index in [2.05, 4.69) is 15.3 Å². The molecular weight excluding hydrogens is 234 g/mol. The molecule has 0 amide bonds. The first-order chi connectivity index (χ1) is 8.20. The summed E-state index contributed by atoms with van der Waals surface area (Å²) in [7, 11) is 0. The first-order valence-electron chi connectivity index (χ1n) is 6.46. The van der Waals surface area contributed by atoms with Gasteiger partial charge in [-0.05, 0) is 43.9 Å². The molecule has 1 aromatic heterocycles. The van der Waals surface area contributed by atoms with Crippen molar-refractivity contribution in [3.05, 3.63) is 17.0 Å². The van der Waals surface area contributed by atoms with Gasteiger partial charge in [-0.2, -0.15) is 0 Å². The molecule has 3 atom stereocenters. The highest BCUT2D eigenvalue weighted by atomic mass is 35.5. The van der Waals surface area contributed by atoms with Gasteiger partial charge in [-0.3, -0.25) is 0 Å². The summed E-state index contributed by atoms with van der Waals surface area (Å²) in [6.45, 7) is 2.91. The zero-order chi connectivity index (χ0) is 11.8. The molecule has 2 saturated carbocycles. The second-order valence-corrected chi connectivity index (χ2v) is 5.83. The number of hydrogen-bond donors (Lipinski definition) is 1. The summed E-state index contributed by atoms with van der Waals surface area (Å²) in [5.41, 5.74) is 0. The Morgan fingerprint density at radius 1 is 1.35 bits per heavy atom. The molecule has 1 aromatic rings. The molecule has 0 radical (unpaired) electrons. The number of aryl methyl sites for hydroxylation is 1. The van der Waals surface area contributed by atoms with E-state index in [0.29, 0.717) is 5.15 Å². The average molecular weight is 252 g/mol. The highest BCUT2D eigenvalue weighted by Gasteiger charge is 2.39. The van der Waals surface area contributed by atoms with E-state index < -0.39 is 0 Å². The van der Waals surface area contributed by atoms with Gasteiger partial charge in [0.25, 0.3) is 0 Å². The van der Waals surface area contributed by atoms with E-state index in [-0.39, 0.29) is 0 Å². The van der Waals surface area contributed by atoms with Crippen LogP contribution in [0.3, 0.4) is 0 Å². The molecule has 92 valence electrons. The highest BCUT2D eigenvalue weighted by Crippen LogP contribution is 2.48. The van der Waals surface area contributed by atoms with Crippen molar-refractivity contribution in [3.63, 3.8) is 0 Å². The van der Waals surface area contributed by atoms with Crippen molar-refractivity contribution in [2.45, 2.75) is 32.6 Å². The van der Waals surface area contributed by atoms with Gasteiger partial charge in [0.05, 0.1) is 0 Å². The minimum atomic E-state index is 0.521. The number of halogens is 1. The van der Waals surface area contributed by atoms with Crippen LogP contribution in [-0.4, -0.2) is 16.5 Å². The second kappa shape index (κ2) is 4.45. The summed E-state index contributed by atoms with van der Waals surface area (Å²) >= 11 is 5.92. The molecule has 0 aliphatic heterocycles. The normalized spacial score (nSPS) is 30.8. The Bertz CT molecular complexity index is 401. The molecule has 0 spiro atoms. The van der Waals surface area contributed by atoms with Crippen molar-refractivity contribution in [2.24, 2.45) is 17.8 Å². The summed E-state index contributed by atoms with van der Waals surface area (Å²) < 4.78 is 0. The number of fused-ring (bicyclic) bond motifs is 2.